The zero-order valence-corrected chi connectivity index (χ0v) is 17.5. The van der Waals surface area contributed by atoms with Gasteiger partial charge in [0.25, 0.3) is 5.91 Å². The van der Waals surface area contributed by atoms with Crippen molar-refractivity contribution >= 4 is 33.9 Å². The first-order chi connectivity index (χ1) is 14.0. The first-order valence-corrected chi connectivity index (χ1v) is 10.9. The molecule has 2 atom stereocenters. The predicted octanol–water partition coefficient (Wildman–Crippen LogP) is 4.33. The number of aryl methyl sites for hydroxylation is 1. The second-order valence-electron chi connectivity index (χ2n) is 7.64. The number of benzene rings is 2. The number of nitrogens with zero attached hydrogens (tertiary/aromatic N) is 2. The number of nitrogens with one attached hydrogen (secondary N) is 1. The van der Waals surface area contributed by atoms with Crippen molar-refractivity contribution in [3.8, 4) is 0 Å². The van der Waals surface area contributed by atoms with Gasteiger partial charge in [0.2, 0.25) is 5.91 Å². The highest BCUT2D eigenvalue weighted by Gasteiger charge is 2.30. The molecule has 6 heteroatoms. The number of rotatable bonds is 4. The zero-order chi connectivity index (χ0) is 20.4. The van der Waals surface area contributed by atoms with Crippen molar-refractivity contribution < 1.29 is 9.59 Å². The standard InChI is InChI=1S/C23H25N3O2S/c1-15(21-14-29-16(2)25-21)24-22(27)18-9-6-12-26(13-18)23(28)20-11-5-8-17-7-3-4-10-19(17)20/h3-5,7-8,10-11,14-15,18H,6,9,12-13H2,1-2H3,(H,24,27). The van der Waals surface area contributed by atoms with E-state index in [1.807, 2.05) is 66.6 Å². The van der Waals surface area contributed by atoms with Crippen LogP contribution in [0.2, 0.25) is 0 Å². The van der Waals surface area contributed by atoms with E-state index >= 15 is 0 Å². The number of carbonyl (C=O) groups excluding carboxylic acids is 2. The normalized spacial score (nSPS) is 17.9. The number of piperidine rings is 1. The maximum absolute atomic E-state index is 13.2. The molecule has 4 rings (SSSR count). The molecule has 1 aromatic heterocycles. The molecule has 1 aliphatic heterocycles. The first kappa shape index (κ1) is 19.6. The van der Waals surface area contributed by atoms with Crippen molar-refractivity contribution in [1.29, 1.82) is 0 Å². The van der Waals surface area contributed by atoms with Crippen LogP contribution in [0, 0.1) is 12.8 Å². The van der Waals surface area contributed by atoms with Crippen LogP contribution in [0.5, 0.6) is 0 Å². The van der Waals surface area contributed by atoms with Gasteiger partial charge in [-0.05, 0) is 43.5 Å². The van der Waals surface area contributed by atoms with Gasteiger partial charge in [-0.2, -0.15) is 0 Å². The van der Waals surface area contributed by atoms with Crippen LogP contribution in [0.4, 0.5) is 0 Å². The Morgan fingerprint density at radius 1 is 1.21 bits per heavy atom. The largest absolute Gasteiger partial charge is 0.348 e. The van der Waals surface area contributed by atoms with Gasteiger partial charge in [0.15, 0.2) is 0 Å². The van der Waals surface area contributed by atoms with Gasteiger partial charge in [-0.1, -0.05) is 36.4 Å². The Bertz CT molecular complexity index is 1040. The Morgan fingerprint density at radius 2 is 2.00 bits per heavy atom. The molecular formula is C23H25N3O2S. The van der Waals surface area contributed by atoms with Crippen LogP contribution < -0.4 is 5.32 Å². The minimum Gasteiger partial charge on any atom is -0.348 e. The summed E-state index contributed by atoms with van der Waals surface area (Å²) >= 11 is 1.58. The van der Waals surface area contributed by atoms with Crippen LogP contribution in [0.1, 0.15) is 46.9 Å². The summed E-state index contributed by atoms with van der Waals surface area (Å²) in [6, 6.07) is 13.6. The number of aromatic nitrogens is 1. The Hall–Kier alpha value is -2.73. The molecule has 0 aliphatic carbocycles. The second-order valence-corrected chi connectivity index (χ2v) is 8.70. The summed E-state index contributed by atoms with van der Waals surface area (Å²) in [6.07, 6.45) is 1.63. The topological polar surface area (TPSA) is 62.3 Å². The van der Waals surface area contributed by atoms with Gasteiger partial charge in [0.1, 0.15) is 0 Å². The molecule has 0 saturated carbocycles. The van der Waals surface area contributed by atoms with E-state index < -0.39 is 0 Å². The third-order valence-corrected chi connectivity index (χ3v) is 6.33. The van der Waals surface area contributed by atoms with Crippen LogP contribution in [-0.2, 0) is 4.79 Å². The SMILES string of the molecule is Cc1nc(C(C)NC(=O)C2CCCN(C(=O)c3cccc4ccccc34)C2)cs1. The average Bonchev–Trinajstić information content (AvgIpc) is 3.19. The summed E-state index contributed by atoms with van der Waals surface area (Å²) in [5.74, 6) is -0.189. The summed E-state index contributed by atoms with van der Waals surface area (Å²) in [5.41, 5.74) is 1.59. The first-order valence-electron chi connectivity index (χ1n) is 10.0. The van der Waals surface area contributed by atoms with E-state index in [1.165, 1.54) is 0 Å². The molecule has 0 spiro atoms. The third-order valence-electron chi connectivity index (χ3n) is 5.54. The van der Waals surface area contributed by atoms with Crippen LogP contribution in [0.25, 0.3) is 10.8 Å². The van der Waals surface area contributed by atoms with Crippen LogP contribution >= 0.6 is 11.3 Å². The number of hydrogen-bond acceptors (Lipinski definition) is 4. The summed E-state index contributed by atoms with van der Waals surface area (Å²) in [7, 11) is 0. The molecule has 2 heterocycles. The number of amides is 2. The van der Waals surface area contributed by atoms with Crippen LogP contribution in [0.15, 0.2) is 47.8 Å². The van der Waals surface area contributed by atoms with Gasteiger partial charge >= 0.3 is 0 Å². The molecule has 2 aromatic carbocycles. The second kappa shape index (κ2) is 8.33. The Kier molecular flexibility index (Phi) is 5.62. The van der Waals surface area contributed by atoms with Crippen LogP contribution in [-0.4, -0.2) is 34.8 Å². The van der Waals surface area contributed by atoms with E-state index in [-0.39, 0.29) is 23.8 Å². The van der Waals surface area contributed by atoms with E-state index in [2.05, 4.69) is 10.3 Å². The molecule has 1 N–H and O–H groups in total. The highest BCUT2D eigenvalue weighted by molar-refractivity contribution is 7.09. The van der Waals surface area contributed by atoms with Crippen molar-refractivity contribution in [2.75, 3.05) is 13.1 Å². The van der Waals surface area contributed by atoms with E-state index in [4.69, 9.17) is 0 Å². The lowest BCUT2D eigenvalue weighted by Crippen LogP contribution is -2.46. The highest BCUT2D eigenvalue weighted by Crippen LogP contribution is 2.24. The lowest BCUT2D eigenvalue weighted by atomic mass is 9.95. The molecule has 1 aliphatic rings. The van der Waals surface area contributed by atoms with Gasteiger partial charge in [-0.3, -0.25) is 9.59 Å². The van der Waals surface area contributed by atoms with Crippen molar-refractivity contribution in [3.63, 3.8) is 0 Å². The summed E-state index contributed by atoms with van der Waals surface area (Å²) in [5, 5.41) is 8.06. The maximum atomic E-state index is 13.2. The Balaban J connectivity index is 1.46. The monoisotopic (exact) mass is 407 g/mol. The number of hydrogen-bond donors (Lipinski definition) is 1. The molecule has 150 valence electrons. The van der Waals surface area contributed by atoms with Crippen molar-refractivity contribution in [3.05, 3.63) is 64.1 Å². The number of fused-ring (bicyclic) bond motifs is 1. The molecule has 0 radical (unpaired) electrons. The van der Waals surface area contributed by atoms with E-state index in [1.54, 1.807) is 11.3 Å². The van der Waals surface area contributed by atoms with E-state index in [9.17, 15) is 9.59 Å². The fourth-order valence-electron chi connectivity index (χ4n) is 3.94. The third kappa shape index (κ3) is 4.17. The number of likely N-dealkylation sites (tertiary alicyclic amines) is 1. The predicted molar refractivity (Wildman–Crippen MR) is 116 cm³/mol. The smallest absolute Gasteiger partial charge is 0.254 e. The van der Waals surface area contributed by atoms with Crippen LogP contribution in [0.3, 0.4) is 0 Å². The van der Waals surface area contributed by atoms with E-state index in [0.29, 0.717) is 18.7 Å². The van der Waals surface area contributed by atoms with Crippen molar-refractivity contribution in [2.24, 2.45) is 5.92 Å². The molecular weight excluding hydrogens is 382 g/mol. The van der Waals surface area contributed by atoms with Gasteiger partial charge in [0.05, 0.1) is 22.7 Å². The zero-order valence-electron chi connectivity index (χ0n) is 16.7. The molecule has 5 nitrogen and oxygen atoms in total. The molecule has 1 fully saturated rings. The minimum atomic E-state index is -0.190. The van der Waals surface area contributed by atoms with Gasteiger partial charge in [-0.15, -0.1) is 11.3 Å². The molecule has 0 bridgehead atoms. The fraction of sp³-hybridized carbons (Fsp3) is 0.348. The summed E-state index contributed by atoms with van der Waals surface area (Å²) in [4.78, 5) is 32.3. The van der Waals surface area contributed by atoms with Crippen molar-refractivity contribution in [1.82, 2.24) is 15.2 Å². The number of carbonyl (C=O) groups is 2. The molecule has 2 unspecified atom stereocenters. The molecule has 2 amide bonds. The van der Waals surface area contributed by atoms with Gasteiger partial charge < -0.3 is 10.2 Å². The maximum Gasteiger partial charge on any atom is 0.254 e. The van der Waals surface area contributed by atoms with E-state index in [0.717, 1.165) is 34.3 Å². The fourth-order valence-corrected chi connectivity index (χ4v) is 4.65. The summed E-state index contributed by atoms with van der Waals surface area (Å²) < 4.78 is 0. The molecule has 3 aromatic rings. The molecule has 1 saturated heterocycles. The quantitative estimate of drug-likeness (QED) is 0.700. The van der Waals surface area contributed by atoms with Gasteiger partial charge in [0, 0.05) is 24.0 Å². The Labute approximate surface area is 174 Å². The summed E-state index contributed by atoms with van der Waals surface area (Å²) in [6.45, 7) is 5.05. The molecule has 29 heavy (non-hydrogen) atoms. The Morgan fingerprint density at radius 3 is 2.79 bits per heavy atom. The number of thiazole rings is 1. The van der Waals surface area contributed by atoms with Crippen molar-refractivity contribution in [2.45, 2.75) is 32.7 Å². The minimum absolute atomic E-state index is 0.00132. The lowest BCUT2D eigenvalue weighted by Gasteiger charge is -2.33. The highest BCUT2D eigenvalue weighted by atomic mass is 32.1. The van der Waals surface area contributed by atoms with Gasteiger partial charge in [-0.25, -0.2) is 4.98 Å². The lowest BCUT2D eigenvalue weighted by molar-refractivity contribution is -0.127. The average molecular weight is 408 g/mol.